The van der Waals surface area contributed by atoms with Crippen LogP contribution in [0.5, 0.6) is 0 Å². The van der Waals surface area contributed by atoms with E-state index in [1.54, 1.807) is 0 Å². The molecule has 0 N–H and O–H groups in total. The monoisotopic (exact) mass is 388 g/mol. The third-order valence-corrected chi connectivity index (χ3v) is 4.93. The van der Waals surface area contributed by atoms with Crippen molar-refractivity contribution in [3.63, 3.8) is 0 Å². The van der Waals surface area contributed by atoms with Crippen molar-refractivity contribution < 1.29 is 14.4 Å². The van der Waals surface area contributed by atoms with Crippen molar-refractivity contribution in [1.29, 1.82) is 0 Å². The first-order valence-electron chi connectivity index (χ1n) is 8.97. The zero-order valence-corrected chi connectivity index (χ0v) is 15.3. The number of carbonyl (C=O) groups excluding carboxylic acids is 3. The van der Waals surface area contributed by atoms with E-state index in [1.165, 1.54) is 48.5 Å². The van der Waals surface area contributed by atoms with Crippen LogP contribution in [0.25, 0.3) is 20.9 Å². The van der Waals surface area contributed by atoms with Crippen LogP contribution in [0.2, 0.25) is 0 Å². The van der Waals surface area contributed by atoms with Crippen molar-refractivity contribution in [2.45, 2.75) is 19.3 Å². The maximum absolute atomic E-state index is 12.9. The molecular formula is C20H16N6O3. The third kappa shape index (κ3) is 4.32. The maximum atomic E-state index is 12.9. The Morgan fingerprint density at radius 2 is 1.14 bits per heavy atom. The summed E-state index contributed by atoms with van der Waals surface area (Å²) in [5, 5.41) is 6.90. The lowest BCUT2D eigenvalue weighted by Crippen LogP contribution is -2.37. The van der Waals surface area contributed by atoms with Gasteiger partial charge in [0.1, 0.15) is 0 Å². The lowest BCUT2D eigenvalue weighted by atomic mass is 9.74. The van der Waals surface area contributed by atoms with Crippen LogP contribution < -0.4 is 0 Å². The molecule has 0 amide bonds. The molecule has 3 rings (SSSR count). The number of benzene rings is 2. The first-order chi connectivity index (χ1) is 14.0. The second-order valence-corrected chi connectivity index (χ2v) is 6.64. The predicted octanol–water partition coefficient (Wildman–Crippen LogP) is 5.62. The molecule has 0 aliphatic heterocycles. The van der Waals surface area contributed by atoms with Gasteiger partial charge in [0.05, 0.1) is 11.8 Å². The van der Waals surface area contributed by atoms with E-state index in [0.717, 1.165) is 0 Å². The lowest BCUT2D eigenvalue weighted by molar-refractivity contribution is -0.125. The number of Topliss-reactive ketones (excluding diaryl/α,β-unsaturated/α-hetero) is 3. The Morgan fingerprint density at radius 3 is 1.48 bits per heavy atom. The molecule has 9 heteroatoms. The number of ketones is 3. The fourth-order valence-corrected chi connectivity index (χ4v) is 3.46. The van der Waals surface area contributed by atoms with E-state index >= 15 is 0 Å². The summed E-state index contributed by atoms with van der Waals surface area (Å²) in [6.07, 6.45) is 1.39. The summed E-state index contributed by atoms with van der Waals surface area (Å²) in [5.41, 5.74) is 18.3. The molecule has 144 valence electrons. The Kier molecular flexibility index (Phi) is 6.04. The summed E-state index contributed by atoms with van der Waals surface area (Å²) in [4.78, 5) is 43.9. The number of rotatable bonds is 6. The van der Waals surface area contributed by atoms with Crippen molar-refractivity contribution in [1.82, 2.24) is 0 Å². The van der Waals surface area contributed by atoms with Crippen molar-refractivity contribution in [3.05, 3.63) is 80.5 Å². The van der Waals surface area contributed by atoms with Gasteiger partial charge in [-0.2, -0.15) is 0 Å². The van der Waals surface area contributed by atoms with Gasteiger partial charge in [0, 0.05) is 32.3 Å². The first-order valence-corrected chi connectivity index (χ1v) is 8.97. The quantitative estimate of drug-likeness (QED) is 0.208. The third-order valence-electron chi connectivity index (χ3n) is 4.93. The van der Waals surface area contributed by atoms with E-state index in [9.17, 15) is 14.4 Å². The molecule has 0 bridgehead atoms. The standard InChI is InChI=1S/C20H16N6O3/c21-25-23-14-8-4-12(5-9-14)18(27)16-2-1-3-17(20(16)29)19(28)13-6-10-15(11-7-13)24-26-22/h4-11,16-17H,1-3H2. The molecule has 0 spiro atoms. The predicted molar refractivity (Wildman–Crippen MR) is 105 cm³/mol. The van der Waals surface area contributed by atoms with Crippen LogP contribution in [0.4, 0.5) is 11.4 Å². The lowest BCUT2D eigenvalue weighted by Gasteiger charge is -2.26. The smallest absolute Gasteiger partial charge is 0.173 e. The number of hydrogen-bond acceptors (Lipinski definition) is 5. The van der Waals surface area contributed by atoms with Gasteiger partial charge in [0.15, 0.2) is 17.3 Å². The minimum absolute atomic E-state index is 0.335. The van der Waals surface area contributed by atoms with E-state index < -0.39 is 11.8 Å². The molecule has 2 aromatic carbocycles. The summed E-state index contributed by atoms with van der Waals surface area (Å²) in [6.45, 7) is 0. The molecule has 0 aromatic heterocycles. The molecule has 29 heavy (non-hydrogen) atoms. The van der Waals surface area contributed by atoms with Gasteiger partial charge in [-0.15, -0.1) is 0 Å². The zero-order valence-electron chi connectivity index (χ0n) is 15.3. The number of carbonyl (C=O) groups is 3. The molecule has 1 aliphatic carbocycles. The fraction of sp³-hybridized carbons (Fsp3) is 0.250. The molecule has 1 saturated carbocycles. The number of azide groups is 2. The molecular weight excluding hydrogens is 372 g/mol. The minimum atomic E-state index is -0.870. The Bertz CT molecular complexity index is 965. The Balaban J connectivity index is 1.78. The van der Waals surface area contributed by atoms with Crippen molar-refractivity contribution in [3.8, 4) is 0 Å². The maximum Gasteiger partial charge on any atom is 0.173 e. The van der Waals surface area contributed by atoms with Gasteiger partial charge < -0.3 is 0 Å². The SMILES string of the molecule is [N-]=[N+]=Nc1ccc(C(=O)C2CCCC(C(=O)c3ccc(N=[N+]=[N-])cc3)C2=O)cc1. The Morgan fingerprint density at radius 1 is 0.759 bits per heavy atom. The second kappa shape index (κ2) is 8.84. The van der Waals surface area contributed by atoms with Gasteiger partial charge >= 0.3 is 0 Å². The molecule has 2 atom stereocenters. The molecule has 2 unspecified atom stereocenters. The molecule has 2 aromatic rings. The summed E-state index contributed by atoms with van der Waals surface area (Å²) in [6, 6.07) is 12.1. The van der Waals surface area contributed by atoms with E-state index in [0.29, 0.717) is 41.8 Å². The van der Waals surface area contributed by atoms with Crippen molar-refractivity contribution in [2.75, 3.05) is 0 Å². The highest BCUT2D eigenvalue weighted by Crippen LogP contribution is 2.31. The van der Waals surface area contributed by atoms with Gasteiger partial charge in [-0.1, -0.05) is 65.2 Å². The molecule has 0 radical (unpaired) electrons. The number of hydrogen-bond donors (Lipinski definition) is 0. The van der Waals surface area contributed by atoms with E-state index in [4.69, 9.17) is 11.1 Å². The first kappa shape index (κ1) is 19.8. The van der Waals surface area contributed by atoms with E-state index in [1.807, 2.05) is 0 Å². The summed E-state index contributed by atoms with van der Waals surface area (Å²) in [5.74, 6) is -2.78. The van der Waals surface area contributed by atoms with Crippen LogP contribution in [0.1, 0.15) is 40.0 Å². The van der Waals surface area contributed by atoms with Crippen LogP contribution in [0, 0.1) is 11.8 Å². The highest BCUT2D eigenvalue weighted by molar-refractivity contribution is 6.19. The van der Waals surface area contributed by atoms with Crippen molar-refractivity contribution >= 4 is 28.7 Å². The normalized spacial score (nSPS) is 18.3. The highest BCUT2D eigenvalue weighted by atomic mass is 16.2. The van der Waals surface area contributed by atoms with E-state index in [2.05, 4.69) is 20.1 Å². The average Bonchev–Trinajstić information content (AvgIpc) is 2.74. The van der Waals surface area contributed by atoms with Crippen LogP contribution in [0.15, 0.2) is 58.8 Å². The van der Waals surface area contributed by atoms with Crippen LogP contribution in [-0.2, 0) is 4.79 Å². The summed E-state index contributed by atoms with van der Waals surface area (Å²) >= 11 is 0. The summed E-state index contributed by atoms with van der Waals surface area (Å²) in [7, 11) is 0. The molecule has 1 fully saturated rings. The topological polar surface area (TPSA) is 149 Å². The second-order valence-electron chi connectivity index (χ2n) is 6.64. The van der Waals surface area contributed by atoms with Crippen LogP contribution in [-0.4, -0.2) is 17.3 Å². The van der Waals surface area contributed by atoms with Crippen LogP contribution in [0.3, 0.4) is 0 Å². The molecule has 1 aliphatic rings. The van der Waals surface area contributed by atoms with Gasteiger partial charge in [0.2, 0.25) is 0 Å². The van der Waals surface area contributed by atoms with Gasteiger partial charge in [-0.25, -0.2) is 0 Å². The van der Waals surface area contributed by atoms with Crippen LogP contribution >= 0.6 is 0 Å². The van der Waals surface area contributed by atoms with Gasteiger partial charge in [-0.05, 0) is 23.9 Å². The fourth-order valence-electron chi connectivity index (χ4n) is 3.46. The molecule has 0 saturated heterocycles. The number of nitrogens with zero attached hydrogens (tertiary/aromatic N) is 6. The van der Waals surface area contributed by atoms with Gasteiger partial charge in [0.25, 0.3) is 0 Å². The summed E-state index contributed by atoms with van der Waals surface area (Å²) < 4.78 is 0. The largest absolute Gasteiger partial charge is 0.298 e. The molecule has 9 nitrogen and oxygen atoms in total. The molecule has 0 heterocycles. The Labute approximate surface area is 165 Å². The highest BCUT2D eigenvalue weighted by Gasteiger charge is 2.39. The Hall–Kier alpha value is -3.93. The average molecular weight is 388 g/mol. The minimum Gasteiger partial charge on any atom is -0.298 e. The van der Waals surface area contributed by atoms with Gasteiger partial charge in [-0.3, -0.25) is 14.4 Å². The zero-order chi connectivity index (χ0) is 20.8. The van der Waals surface area contributed by atoms with Crippen molar-refractivity contribution in [2.24, 2.45) is 22.1 Å². The van der Waals surface area contributed by atoms with E-state index in [-0.39, 0.29) is 17.3 Å².